The molecule has 0 aliphatic carbocycles. The number of aromatic amines is 2. The van der Waals surface area contributed by atoms with Crippen LogP contribution < -0.4 is 22.0 Å². The summed E-state index contributed by atoms with van der Waals surface area (Å²) in [5.74, 6) is -2.29. The van der Waals surface area contributed by atoms with Gasteiger partial charge < -0.3 is 14.2 Å². The van der Waals surface area contributed by atoms with E-state index in [4.69, 9.17) is 14.2 Å². The van der Waals surface area contributed by atoms with Gasteiger partial charge in [0.05, 0.1) is 36.3 Å². The first kappa shape index (κ1) is 32.2. The summed E-state index contributed by atoms with van der Waals surface area (Å²) < 4.78 is 17.9. The first-order chi connectivity index (χ1) is 24.8. The van der Waals surface area contributed by atoms with Crippen LogP contribution in [-0.2, 0) is 33.8 Å². The lowest BCUT2D eigenvalue weighted by Gasteiger charge is -2.14. The van der Waals surface area contributed by atoms with Crippen LogP contribution in [0.2, 0.25) is 0 Å². The third kappa shape index (κ3) is 6.54. The quantitative estimate of drug-likeness (QED) is 0.100. The van der Waals surface area contributed by atoms with Crippen molar-refractivity contribution in [2.24, 2.45) is 10.2 Å². The highest BCUT2D eigenvalue weighted by molar-refractivity contribution is 5.94. The number of nitrogens with zero attached hydrogens (tertiary/aromatic N) is 10. The molecule has 3 aromatic carbocycles. The monoisotopic (exact) mass is 695 g/mol. The van der Waals surface area contributed by atoms with Crippen LogP contribution in [-0.4, -0.2) is 82.3 Å². The van der Waals surface area contributed by atoms with Crippen LogP contribution in [0.3, 0.4) is 0 Å². The molecule has 51 heavy (non-hydrogen) atoms. The molecule has 0 radical (unpaired) electrons. The topological polar surface area (TPSA) is 267 Å². The molecule has 0 saturated carbocycles. The maximum absolute atomic E-state index is 13.4. The average Bonchev–Trinajstić information content (AvgIpc) is 3.92. The van der Waals surface area contributed by atoms with Gasteiger partial charge in [-0.3, -0.25) is 0 Å². The van der Waals surface area contributed by atoms with Crippen LogP contribution in [0.15, 0.2) is 79.2 Å². The summed E-state index contributed by atoms with van der Waals surface area (Å²) in [4.78, 5) is 81.9. The first-order valence-corrected chi connectivity index (χ1v) is 15.1. The van der Waals surface area contributed by atoms with Crippen molar-refractivity contribution in [2.75, 3.05) is 19.8 Å². The van der Waals surface area contributed by atoms with Gasteiger partial charge in [-0.1, -0.05) is 0 Å². The highest BCUT2D eigenvalue weighted by atomic mass is 16.5. The molecule has 0 bridgehead atoms. The fourth-order valence-electron chi connectivity index (χ4n) is 5.06. The predicted molar refractivity (Wildman–Crippen MR) is 171 cm³/mol. The minimum atomic E-state index is -1.05. The van der Waals surface area contributed by atoms with Crippen molar-refractivity contribution in [3.8, 4) is 0 Å². The maximum Gasteiger partial charge on any atom is 0.338 e. The summed E-state index contributed by atoms with van der Waals surface area (Å²) in [5.41, 5.74) is 0.0523. The molecule has 7 rings (SSSR count). The fourth-order valence-corrected chi connectivity index (χ4v) is 5.06. The van der Waals surface area contributed by atoms with Gasteiger partial charge in [-0.15, -0.1) is 0 Å². The second-order valence-corrected chi connectivity index (χ2v) is 10.8. The van der Waals surface area contributed by atoms with Gasteiger partial charge in [0.15, 0.2) is 21.6 Å². The van der Waals surface area contributed by atoms with Crippen molar-refractivity contribution in [1.82, 2.24) is 49.4 Å². The second-order valence-electron chi connectivity index (χ2n) is 10.8. The largest absolute Gasteiger partial charge is 0.460 e. The van der Waals surface area contributed by atoms with E-state index in [2.05, 4.69) is 46.0 Å². The molecule has 2 N–H and O–H groups in total. The number of H-pyrrole nitrogens is 2. The number of carbonyl (C=O) groups is 3. The molecule has 1 aliphatic rings. The van der Waals surface area contributed by atoms with Gasteiger partial charge in [-0.25, -0.2) is 42.5 Å². The smallest absolute Gasteiger partial charge is 0.338 e. The van der Waals surface area contributed by atoms with Crippen LogP contribution in [0.5, 0.6) is 0 Å². The Kier molecular flexibility index (Phi) is 8.58. The number of hydrogen-bond acceptors (Lipinski definition) is 15. The van der Waals surface area contributed by atoms with E-state index < -0.39 is 74.4 Å². The minimum Gasteiger partial charge on any atom is -0.460 e. The standard InChI is InChI=1S/C30H22N12O9/c43-25(16-1-4-19-22(13-16)34-37-31-19)49-10-7-40-28(46)41(8-11-50-26(44)17-2-5-20-23(14-17)35-38-32-20)30(48)42(29(40)47)9-12-51-27(45)18-3-6-21-24(15-18)36-39-33-21/h1-6,13-15H,7-12H2,(H-,31,32,34,35,37,38,43,44)/p+1. The van der Waals surface area contributed by atoms with Gasteiger partial charge in [0.25, 0.3) is 0 Å². The van der Waals surface area contributed by atoms with Crippen LogP contribution in [0.1, 0.15) is 31.1 Å². The van der Waals surface area contributed by atoms with Gasteiger partial charge in [-0.05, 0) is 54.6 Å². The number of esters is 3. The van der Waals surface area contributed by atoms with E-state index in [9.17, 15) is 28.8 Å². The average molecular weight is 696 g/mol. The molecule has 1 aliphatic heterocycles. The molecule has 6 aromatic rings. The lowest BCUT2D eigenvalue weighted by atomic mass is 10.2. The van der Waals surface area contributed by atoms with E-state index in [0.717, 1.165) is 0 Å². The van der Waals surface area contributed by atoms with E-state index in [1.165, 1.54) is 42.5 Å². The third-order valence-corrected chi connectivity index (χ3v) is 7.65. The van der Waals surface area contributed by atoms with Crippen molar-refractivity contribution in [2.45, 2.75) is 19.6 Å². The minimum absolute atomic E-state index is 0.133. The van der Waals surface area contributed by atoms with E-state index >= 15 is 0 Å². The summed E-state index contributed by atoms with van der Waals surface area (Å²) in [5, 5.41) is 28.1. The normalized spacial score (nSPS) is 11.6. The molecule has 0 fully saturated rings. The van der Waals surface area contributed by atoms with Crippen LogP contribution in [0.25, 0.3) is 22.1 Å². The predicted octanol–water partition coefficient (Wildman–Crippen LogP) is 0.534. The number of hydrogen-bond donors (Lipinski definition) is 2. The number of aromatic nitrogens is 9. The zero-order chi connectivity index (χ0) is 35.5. The molecule has 21 heteroatoms. The summed E-state index contributed by atoms with van der Waals surface area (Å²) in [6.45, 7) is -2.63. The van der Waals surface area contributed by atoms with Gasteiger partial charge >= 0.3 is 35.0 Å². The lowest BCUT2D eigenvalue weighted by Crippen LogP contribution is -2.55. The zero-order valence-electron chi connectivity index (χ0n) is 26.1. The maximum atomic E-state index is 13.4. The summed E-state index contributed by atoms with van der Waals surface area (Å²) in [7, 11) is 0. The van der Waals surface area contributed by atoms with E-state index in [0.29, 0.717) is 47.1 Å². The Bertz CT molecular complexity index is 2480. The summed E-state index contributed by atoms with van der Waals surface area (Å²) in [6, 6.07) is 13.4. The Morgan fingerprint density at radius 2 is 0.922 bits per heavy atom. The fraction of sp³-hybridized carbons (Fsp3) is 0.200. The van der Waals surface area contributed by atoms with Gasteiger partial charge in [0.2, 0.25) is 4.91 Å². The van der Waals surface area contributed by atoms with Crippen molar-refractivity contribution in [3.63, 3.8) is 0 Å². The summed E-state index contributed by atoms with van der Waals surface area (Å²) >= 11 is 0. The van der Waals surface area contributed by atoms with E-state index in [-0.39, 0.29) is 16.7 Å². The molecular formula is C30H23N12O9+. The van der Waals surface area contributed by atoms with Crippen LogP contribution >= 0.6 is 0 Å². The Hall–Kier alpha value is -7.41. The molecule has 3 aromatic heterocycles. The van der Waals surface area contributed by atoms with Crippen molar-refractivity contribution >= 4 is 51.3 Å². The Morgan fingerprint density at radius 3 is 1.39 bits per heavy atom. The number of benzene rings is 3. The molecule has 0 saturated heterocycles. The molecule has 21 nitrogen and oxygen atoms in total. The summed E-state index contributed by atoms with van der Waals surface area (Å²) in [6.07, 6.45) is 0. The van der Waals surface area contributed by atoms with Crippen LogP contribution in [0, 0.1) is 0 Å². The van der Waals surface area contributed by atoms with Crippen molar-refractivity contribution in [1.29, 1.82) is 0 Å². The Labute approximate surface area is 281 Å². The molecule has 256 valence electrons. The molecular weight excluding hydrogens is 672 g/mol. The molecule has 0 unspecified atom stereocenters. The lowest BCUT2D eigenvalue weighted by molar-refractivity contribution is 0.0486. The number of rotatable bonds is 12. The number of nitrogens with one attached hydrogen (secondary N) is 2. The highest BCUT2D eigenvalue weighted by Gasteiger charge is 2.21. The molecule has 0 amide bonds. The highest BCUT2D eigenvalue weighted by Crippen LogP contribution is 2.30. The van der Waals surface area contributed by atoms with Crippen molar-refractivity contribution < 1.29 is 28.6 Å². The second kappa shape index (κ2) is 13.6. The third-order valence-electron chi connectivity index (χ3n) is 7.65. The molecule has 0 spiro atoms. The van der Waals surface area contributed by atoms with Gasteiger partial charge in [0, 0.05) is 0 Å². The zero-order valence-corrected chi connectivity index (χ0v) is 26.1. The van der Waals surface area contributed by atoms with Crippen molar-refractivity contribution in [3.05, 3.63) is 103 Å². The van der Waals surface area contributed by atoms with E-state index in [1.54, 1.807) is 12.1 Å². The number of carbonyl (C=O) groups excluding carboxylic acids is 3. The molecule has 0 atom stereocenters. The van der Waals surface area contributed by atoms with Gasteiger partial charge in [-0.2, -0.15) is 30.8 Å². The van der Waals surface area contributed by atoms with Crippen LogP contribution in [0.4, 0.5) is 11.4 Å². The number of fused-ring (bicyclic) bond motifs is 3. The Balaban J connectivity index is 1.08. The number of ether oxygens (including phenoxy) is 3. The van der Waals surface area contributed by atoms with Gasteiger partial charge in [0.1, 0.15) is 41.9 Å². The SMILES string of the molecule is O=C(OCCn1c(=O)n(CCOC(=O)c2ccc3n[nH]nc3c2)c(=O)n(CCOC(=O)c2ccc3n[nH]nc3c2)c1=O)c1ccc2c(c1)N=[N+]=N2. The molecule has 4 heterocycles. The first-order valence-electron chi connectivity index (χ1n) is 15.1. The van der Waals surface area contributed by atoms with E-state index in [1.807, 2.05) is 0 Å². The Morgan fingerprint density at radius 1 is 0.529 bits per heavy atom.